The molecule has 2 N–H and O–H groups in total. The summed E-state index contributed by atoms with van der Waals surface area (Å²) in [7, 11) is 0. The fourth-order valence-electron chi connectivity index (χ4n) is 2.74. The summed E-state index contributed by atoms with van der Waals surface area (Å²) in [5.74, 6) is -0.643. The van der Waals surface area contributed by atoms with Gasteiger partial charge in [-0.15, -0.1) is 0 Å². The quantitative estimate of drug-likeness (QED) is 0.538. The Labute approximate surface area is 158 Å². The normalized spacial score (nSPS) is 10.4. The third-order valence-corrected chi connectivity index (χ3v) is 4.44. The molecule has 0 aliphatic rings. The van der Waals surface area contributed by atoms with Gasteiger partial charge in [0.05, 0.1) is 6.54 Å². The number of benzene rings is 3. The van der Waals surface area contributed by atoms with Crippen LogP contribution >= 0.6 is 0 Å². The minimum Gasteiger partial charge on any atom is -0.492 e. The van der Waals surface area contributed by atoms with Gasteiger partial charge in [-0.2, -0.15) is 0 Å². The zero-order chi connectivity index (χ0) is 19.2. The highest BCUT2D eigenvalue weighted by molar-refractivity contribution is 6.39. The Morgan fingerprint density at radius 3 is 2.48 bits per heavy atom. The first-order valence-electron chi connectivity index (χ1n) is 8.81. The molecule has 3 aromatic rings. The zero-order valence-electron chi connectivity index (χ0n) is 15.4. The zero-order valence-corrected chi connectivity index (χ0v) is 15.4. The average Bonchev–Trinajstić information content (AvgIpc) is 2.68. The summed E-state index contributed by atoms with van der Waals surface area (Å²) in [6.07, 6.45) is 0. The van der Waals surface area contributed by atoms with Crippen molar-refractivity contribution < 1.29 is 14.3 Å². The van der Waals surface area contributed by atoms with Crippen molar-refractivity contribution in [2.45, 2.75) is 13.8 Å². The number of anilines is 1. The van der Waals surface area contributed by atoms with Crippen molar-refractivity contribution >= 4 is 28.3 Å². The van der Waals surface area contributed by atoms with Crippen LogP contribution in [0.1, 0.15) is 11.1 Å². The topological polar surface area (TPSA) is 67.4 Å². The van der Waals surface area contributed by atoms with Gasteiger partial charge in [0, 0.05) is 5.69 Å². The molecule has 0 atom stereocenters. The van der Waals surface area contributed by atoms with E-state index < -0.39 is 11.8 Å². The molecule has 0 bridgehead atoms. The lowest BCUT2D eigenvalue weighted by Crippen LogP contribution is -2.37. The van der Waals surface area contributed by atoms with Crippen LogP contribution in [0.4, 0.5) is 5.69 Å². The summed E-state index contributed by atoms with van der Waals surface area (Å²) in [5.41, 5.74) is 2.64. The number of nitrogens with one attached hydrogen (secondary N) is 2. The highest BCUT2D eigenvalue weighted by Crippen LogP contribution is 2.20. The Morgan fingerprint density at radius 1 is 0.889 bits per heavy atom. The summed E-state index contributed by atoms with van der Waals surface area (Å²) >= 11 is 0. The molecular formula is C22H22N2O3. The number of carbonyl (C=O) groups excluding carboxylic acids is 2. The summed E-state index contributed by atoms with van der Waals surface area (Å²) in [4.78, 5) is 24.0. The molecule has 27 heavy (non-hydrogen) atoms. The molecule has 3 aromatic carbocycles. The summed E-state index contributed by atoms with van der Waals surface area (Å²) in [6, 6.07) is 19.4. The maximum Gasteiger partial charge on any atom is 0.313 e. The Kier molecular flexibility index (Phi) is 5.71. The van der Waals surface area contributed by atoms with E-state index in [4.69, 9.17) is 4.74 Å². The summed E-state index contributed by atoms with van der Waals surface area (Å²) in [6.45, 7) is 4.38. The standard InChI is InChI=1S/C22H22N2O3/c1-15-6-5-9-20(16(15)2)24-22(26)21(25)23-12-13-27-19-11-10-17-7-3-4-8-18(17)14-19/h3-11,14H,12-13H2,1-2H3,(H,23,25)(H,24,26). The lowest BCUT2D eigenvalue weighted by molar-refractivity contribution is -0.136. The lowest BCUT2D eigenvalue weighted by Gasteiger charge is -2.11. The predicted octanol–water partition coefficient (Wildman–Crippen LogP) is 3.59. The number of amides is 2. The molecule has 0 aromatic heterocycles. The van der Waals surface area contributed by atoms with Crippen LogP contribution in [-0.2, 0) is 9.59 Å². The number of carbonyl (C=O) groups is 2. The monoisotopic (exact) mass is 362 g/mol. The van der Waals surface area contributed by atoms with Crippen molar-refractivity contribution in [3.63, 3.8) is 0 Å². The number of hydrogen-bond acceptors (Lipinski definition) is 3. The molecule has 0 aliphatic carbocycles. The second-order valence-corrected chi connectivity index (χ2v) is 6.31. The number of fused-ring (bicyclic) bond motifs is 1. The van der Waals surface area contributed by atoms with Gasteiger partial charge in [-0.05, 0) is 53.9 Å². The maximum absolute atomic E-state index is 12.0. The summed E-state index contributed by atoms with van der Waals surface area (Å²) in [5, 5.41) is 7.44. The van der Waals surface area contributed by atoms with Crippen LogP contribution in [0.25, 0.3) is 10.8 Å². The highest BCUT2D eigenvalue weighted by atomic mass is 16.5. The third kappa shape index (κ3) is 4.64. The van der Waals surface area contributed by atoms with Crippen LogP contribution in [0, 0.1) is 13.8 Å². The van der Waals surface area contributed by atoms with Crippen LogP contribution in [-0.4, -0.2) is 25.0 Å². The number of hydrogen-bond donors (Lipinski definition) is 2. The second kappa shape index (κ2) is 8.36. The van der Waals surface area contributed by atoms with E-state index in [-0.39, 0.29) is 13.2 Å². The van der Waals surface area contributed by atoms with Crippen LogP contribution in [0.15, 0.2) is 60.7 Å². The molecule has 0 spiro atoms. The van der Waals surface area contributed by atoms with Crippen molar-refractivity contribution in [3.05, 3.63) is 71.8 Å². The van der Waals surface area contributed by atoms with Gasteiger partial charge in [-0.1, -0.05) is 42.5 Å². The van der Waals surface area contributed by atoms with Gasteiger partial charge in [0.2, 0.25) is 0 Å². The molecule has 0 saturated carbocycles. The van der Waals surface area contributed by atoms with Crippen LogP contribution in [0.2, 0.25) is 0 Å². The molecule has 2 amide bonds. The molecule has 0 fully saturated rings. The maximum atomic E-state index is 12.0. The minimum atomic E-state index is -0.686. The van der Waals surface area contributed by atoms with Gasteiger partial charge in [0.1, 0.15) is 12.4 Å². The van der Waals surface area contributed by atoms with Gasteiger partial charge in [-0.3, -0.25) is 9.59 Å². The first-order chi connectivity index (χ1) is 13.0. The molecule has 5 heteroatoms. The average molecular weight is 362 g/mol. The smallest absolute Gasteiger partial charge is 0.313 e. The van der Waals surface area contributed by atoms with Crippen LogP contribution in [0.5, 0.6) is 5.75 Å². The lowest BCUT2D eigenvalue weighted by atomic mass is 10.1. The molecule has 138 valence electrons. The highest BCUT2D eigenvalue weighted by Gasteiger charge is 2.14. The Balaban J connectivity index is 1.47. The van der Waals surface area contributed by atoms with Crippen molar-refractivity contribution in [3.8, 4) is 5.75 Å². The molecule has 0 aliphatic heterocycles. The van der Waals surface area contributed by atoms with Crippen LogP contribution in [0.3, 0.4) is 0 Å². The third-order valence-electron chi connectivity index (χ3n) is 4.44. The van der Waals surface area contributed by atoms with E-state index in [1.54, 1.807) is 6.07 Å². The van der Waals surface area contributed by atoms with Gasteiger partial charge >= 0.3 is 11.8 Å². The van der Waals surface area contributed by atoms with E-state index in [1.165, 1.54) is 0 Å². The largest absolute Gasteiger partial charge is 0.492 e. The van der Waals surface area contributed by atoms with Crippen molar-refractivity contribution in [2.24, 2.45) is 0 Å². The number of ether oxygens (including phenoxy) is 1. The molecule has 5 nitrogen and oxygen atoms in total. The predicted molar refractivity (Wildman–Crippen MR) is 107 cm³/mol. The molecular weight excluding hydrogens is 340 g/mol. The minimum absolute atomic E-state index is 0.242. The van der Waals surface area contributed by atoms with E-state index in [0.29, 0.717) is 5.69 Å². The van der Waals surface area contributed by atoms with Crippen molar-refractivity contribution in [2.75, 3.05) is 18.5 Å². The molecule has 0 saturated heterocycles. The van der Waals surface area contributed by atoms with Gasteiger partial charge < -0.3 is 15.4 Å². The van der Waals surface area contributed by atoms with Gasteiger partial charge in [0.15, 0.2) is 0 Å². The molecule has 0 radical (unpaired) electrons. The Hall–Kier alpha value is -3.34. The fraction of sp³-hybridized carbons (Fsp3) is 0.182. The molecule has 3 rings (SSSR count). The molecule has 0 heterocycles. The SMILES string of the molecule is Cc1cccc(NC(=O)C(=O)NCCOc2ccc3ccccc3c2)c1C. The second-order valence-electron chi connectivity index (χ2n) is 6.31. The van der Waals surface area contributed by atoms with Crippen molar-refractivity contribution in [1.29, 1.82) is 0 Å². The van der Waals surface area contributed by atoms with Crippen LogP contribution < -0.4 is 15.4 Å². The molecule has 0 unspecified atom stereocenters. The van der Waals surface area contributed by atoms with E-state index in [1.807, 2.05) is 68.4 Å². The Morgan fingerprint density at radius 2 is 1.67 bits per heavy atom. The number of rotatable bonds is 5. The summed E-state index contributed by atoms with van der Waals surface area (Å²) < 4.78 is 5.65. The van der Waals surface area contributed by atoms with E-state index >= 15 is 0 Å². The fourth-order valence-corrected chi connectivity index (χ4v) is 2.74. The van der Waals surface area contributed by atoms with E-state index in [0.717, 1.165) is 27.6 Å². The first-order valence-corrected chi connectivity index (χ1v) is 8.81. The van der Waals surface area contributed by atoms with Crippen molar-refractivity contribution in [1.82, 2.24) is 5.32 Å². The number of aryl methyl sites for hydroxylation is 1. The Bertz CT molecular complexity index is 982. The van der Waals surface area contributed by atoms with E-state index in [9.17, 15) is 9.59 Å². The van der Waals surface area contributed by atoms with Gasteiger partial charge in [0.25, 0.3) is 0 Å². The van der Waals surface area contributed by atoms with Gasteiger partial charge in [-0.25, -0.2) is 0 Å². The van der Waals surface area contributed by atoms with E-state index in [2.05, 4.69) is 10.6 Å². The first kappa shape index (κ1) is 18.5.